The van der Waals surface area contributed by atoms with Gasteiger partial charge in [-0.3, -0.25) is 14.5 Å². The maximum absolute atomic E-state index is 13.5. The summed E-state index contributed by atoms with van der Waals surface area (Å²) in [6.07, 6.45) is 5.70. The predicted octanol–water partition coefficient (Wildman–Crippen LogP) is 3.18. The molecule has 0 unspecified atom stereocenters. The minimum absolute atomic E-state index is 0.128. The molecule has 2 heterocycles. The Morgan fingerprint density at radius 2 is 1.82 bits per heavy atom. The molecule has 5 heteroatoms. The number of hydrogen-bond donors (Lipinski definition) is 0. The highest BCUT2D eigenvalue weighted by atomic mass is 16.5. The summed E-state index contributed by atoms with van der Waals surface area (Å²) in [4.78, 5) is 29.6. The Morgan fingerprint density at radius 3 is 2.54 bits per heavy atom. The number of carbonyl (C=O) groups excluding carboxylic acids is 2. The lowest BCUT2D eigenvalue weighted by Crippen LogP contribution is -2.40. The van der Waals surface area contributed by atoms with Crippen molar-refractivity contribution in [1.29, 1.82) is 0 Å². The first-order valence-electron chi connectivity index (χ1n) is 10.7. The van der Waals surface area contributed by atoms with E-state index in [9.17, 15) is 9.59 Å². The molecule has 3 fully saturated rings. The van der Waals surface area contributed by atoms with Gasteiger partial charge < -0.3 is 9.64 Å². The van der Waals surface area contributed by atoms with E-state index in [-0.39, 0.29) is 17.9 Å². The average Bonchev–Trinajstić information content (AvgIpc) is 3.25. The molecule has 2 aliphatic heterocycles. The van der Waals surface area contributed by atoms with Gasteiger partial charge in [0.2, 0.25) is 5.91 Å². The normalized spacial score (nSPS) is 28.4. The van der Waals surface area contributed by atoms with Gasteiger partial charge in [0, 0.05) is 31.5 Å². The fourth-order valence-corrected chi connectivity index (χ4v) is 5.64. The molecule has 1 saturated carbocycles. The molecule has 0 aromatic heterocycles. The lowest BCUT2D eigenvalue weighted by atomic mass is 9.86. The molecule has 0 spiro atoms. The smallest absolute Gasteiger partial charge is 0.319 e. The van der Waals surface area contributed by atoms with Crippen molar-refractivity contribution in [1.82, 2.24) is 9.80 Å². The summed E-state index contributed by atoms with van der Waals surface area (Å²) in [6, 6.07) is 8.61. The fraction of sp³-hybridized carbons (Fsp3) is 0.652. The third-order valence-corrected chi connectivity index (χ3v) is 7.06. The summed E-state index contributed by atoms with van der Waals surface area (Å²) in [6.45, 7) is 5.04. The zero-order valence-corrected chi connectivity index (χ0v) is 17.1. The van der Waals surface area contributed by atoms with Gasteiger partial charge in [-0.1, -0.05) is 43.5 Å². The molecule has 28 heavy (non-hydrogen) atoms. The fourth-order valence-electron chi connectivity index (χ4n) is 5.64. The van der Waals surface area contributed by atoms with E-state index in [1.54, 1.807) is 0 Å². The highest BCUT2D eigenvalue weighted by molar-refractivity contribution is 5.80. The van der Waals surface area contributed by atoms with Crippen LogP contribution in [-0.4, -0.2) is 55.0 Å². The largest absolute Gasteiger partial charge is 0.468 e. The maximum atomic E-state index is 13.5. The number of fused-ring (bicyclic) bond motifs is 1. The van der Waals surface area contributed by atoms with Crippen molar-refractivity contribution in [2.24, 2.45) is 17.8 Å². The van der Waals surface area contributed by atoms with Gasteiger partial charge in [0.25, 0.3) is 0 Å². The molecular formula is C23H32N2O3. The Bertz CT molecular complexity index is 728. The van der Waals surface area contributed by atoms with Crippen molar-refractivity contribution in [3.63, 3.8) is 0 Å². The van der Waals surface area contributed by atoms with Crippen LogP contribution in [0.25, 0.3) is 0 Å². The van der Waals surface area contributed by atoms with Gasteiger partial charge in [0.1, 0.15) is 0 Å². The van der Waals surface area contributed by atoms with Crippen LogP contribution in [0.5, 0.6) is 0 Å². The minimum Gasteiger partial charge on any atom is -0.468 e. The number of likely N-dealkylation sites (tertiary alicyclic amines) is 2. The van der Waals surface area contributed by atoms with Crippen molar-refractivity contribution in [3.8, 4) is 0 Å². The summed E-state index contributed by atoms with van der Waals surface area (Å²) in [5.41, 5.74) is 2.53. The van der Waals surface area contributed by atoms with E-state index in [4.69, 9.17) is 4.74 Å². The summed E-state index contributed by atoms with van der Waals surface area (Å²) >= 11 is 0. The number of methoxy groups -OCH3 is 1. The molecule has 1 aliphatic carbocycles. The van der Waals surface area contributed by atoms with Crippen molar-refractivity contribution < 1.29 is 14.3 Å². The molecule has 0 bridgehead atoms. The van der Waals surface area contributed by atoms with E-state index in [0.717, 1.165) is 32.5 Å². The number of amides is 1. The Morgan fingerprint density at radius 1 is 1.07 bits per heavy atom. The minimum atomic E-state index is -0.178. The van der Waals surface area contributed by atoms with Gasteiger partial charge in [-0.25, -0.2) is 0 Å². The quantitative estimate of drug-likeness (QED) is 0.748. The van der Waals surface area contributed by atoms with Gasteiger partial charge in [0.15, 0.2) is 0 Å². The van der Waals surface area contributed by atoms with Crippen LogP contribution in [0.2, 0.25) is 0 Å². The van der Waals surface area contributed by atoms with Crippen molar-refractivity contribution in [2.45, 2.75) is 45.1 Å². The summed E-state index contributed by atoms with van der Waals surface area (Å²) in [7, 11) is 1.44. The van der Waals surface area contributed by atoms with E-state index in [1.165, 1.54) is 37.5 Å². The molecule has 1 aromatic carbocycles. The predicted molar refractivity (Wildman–Crippen MR) is 108 cm³/mol. The van der Waals surface area contributed by atoms with Gasteiger partial charge in [-0.2, -0.15) is 0 Å². The highest BCUT2D eigenvalue weighted by Crippen LogP contribution is 2.47. The van der Waals surface area contributed by atoms with Crippen LogP contribution in [0.4, 0.5) is 0 Å². The van der Waals surface area contributed by atoms with Crippen LogP contribution < -0.4 is 0 Å². The third kappa shape index (κ3) is 3.69. The first-order valence-corrected chi connectivity index (χ1v) is 10.7. The van der Waals surface area contributed by atoms with Crippen molar-refractivity contribution in [3.05, 3.63) is 35.4 Å². The molecule has 0 N–H and O–H groups in total. The number of rotatable bonds is 4. The average molecular weight is 385 g/mol. The molecule has 3 aliphatic rings. The number of hydrogen-bond acceptors (Lipinski definition) is 4. The zero-order chi connectivity index (χ0) is 19.7. The third-order valence-electron chi connectivity index (χ3n) is 7.06. The molecule has 1 aromatic rings. The first-order chi connectivity index (χ1) is 13.6. The van der Waals surface area contributed by atoms with Crippen LogP contribution in [0.3, 0.4) is 0 Å². The standard InChI is InChI=1S/C23H32N2O3/c1-16-8-6-7-11-19(16)22-20-14-24(15-21(26)28-2)12-18(20)13-25(22)23(27)17-9-4-3-5-10-17/h6-8,11,17-18,20,22H,3-5,9-10,12-15H2,1-2H3/t18-,20-,22+/m0/s1. The molecule has 0 radical (unpaired) electrons. The number of carbonyl (C=O) groups is 2. The van der Waals surface area contributed by atoms with Crippen LogP contribution in [-0.2, 0) is 14.3 Å². The SMILES string of the molecule is COC(=O)CN1C[C@H]2CN(C(=O)C3CCCCC3)[C@H](c3ccccc3C)[C@H]2C1. The number of nitrogens with zero attached hydrogens (tertiary/aromatic N) is 2. The van der Waals surface area contributed by atoms with Crippen LogP contribution in [0.1, 0.15) is 49.3 Å². The Hall–Kier alpha value is -1.88. The molecule has 152 valence electrons. The first kappa shape index (κ1) is 19.4. The van der Waals surface area contributed by atoms with Gasteiger partial charge in [-0.05, 0) is 36.8 Å². The molecular weight excluding hydrogens is 352 g/mol. The molecule has 4 rings (SSSR count). The van der Waals surface area contributed by atoms with Gasteiger partial charge in [-0.15, -0.1) is 0 Å². The van der Waals surface area contributed by atoms with E-state index in [1.807, 2.05) is 0 Å². The second-order valence-electron chi connectivity index (χ2n) is 8.82. The molecule has 5 nitrogen and oxygen atoms in total. The Labute approximate surface area is 168 Å². The summed E-state index contributed by atoms with van der Waals surface area (Å²) in [5, 5.41) is 0. The topological polar surface area (TPSA) is 49.9 Å². The number of benzene rings is 1. The van der Waals surface area contributed by atoms with E-state index in [0.29, 0.717) is 24.3 Å². The monoisotopic (exact) mass is 384 g/mol. The van der Waals surface area contributed by atoms with Crippen molar-refractivity contribution >= 4 is 11.9 Å². The maximum Gasteiger partial charge on any atom is 0.319 e. The second kappa shape index (κ2) is 8.24. The van der Waals surface area contributed by atoms with Crippen LogP contribution in [0.15, 0.2) is 24.3 Å². The van der Waals surface area contributed by atoms with E-state index in [2.05, 4.69) is 41.0 Å². The zero-order valence-electron chi connectivity index (χ0n) is 17.1. The van der Waals surface area contributed by atoms with Gasteiger partial charge >= 0.3 is 5.97 Å². The van der Waals surface area contributed by atoms with E-state index >= 15 is 0 Å². The van der Waals surface area contributed by atoms with Crippen LogP contribution >= 0.6 is 0 Å². The molecule has 2 saturated heterocycles. The van der Waals surface area contributed by atoms with Crippen molar-refractivity contribution in [2.75, 3.05) is 33.3 Å². The van der Waals surface area contributed by atoms with E-state index < -0.39 is 0 Å². The Balaban J connectivity index is 1.58. The lowest BCUT2D eigenvalue weighted by Gasteiger charge is -2.34. The van der Waals surface area contributed by atoms with Gasteiger partial charge in [0.05, 0.1) is 19.7 Å². The molecule has 3 atom stereocenters. The lowest BCUT2D eigenvalue weighted by molar-refractivity contribution is -0.142. The summed E-state index contributed by atoms with van der Waals surface area (Å²) < 4.78 is 4.86. The second-order valence-corrected chi connectivity index (χ2v) is 8.82. The highest BCUT2D eigenvalue weighted by Gasteiger charge is 2.50. The van der Waals surface area contributed by atoms with Crippen LogP contribution in [0, 0.1) is 24.7 Å². The Kier molecular flexibility index (Phi) is 5.72. The number of esters is 1. The number of aryl methyl sites for hydroxylation is 1. The summed E-state index contributed by atoms with van der Waals surface area (Å²) in [5.74, 6) is 1.20. The number of ether oxygens (including phenoxy) is 1. The molecule has 1 amide bonds.